The lowest BCUT2D eigenvalue weighted by atomic mass is 9.97. The minimum atomic E-state index is -0.870. The maximum Gasteiger partial charge on any atom is 0.303 e. The van der Waals surface area contributed by atoms with Crippen LogP contribution in [0, 0.1) is 13.8 Å². The van der Waals surface area contributed by atoms with E-state index in [4.69, 9.17) is 5.11 Å². The van der Waals surface area contributed by atoms with Gasteiger partial charge in [0.25, 0.3) is 11.5 Å². The Balaban J connectivity index is 1.94. The van der Waals surface area contributed by atoms with Gasteiger partial charge < -0.3 is 10.0 Å². The first-order valence-corrected chi connectivity index (χ1v) is 9.22. The molecule has 2 aromatic heterocycles. The third-order valence-electron chi connectivity index (χ3n) is 4.83. The highest BCUT2D eigenvalue weighted by atomic mass is 32.1. The largest absolute Gasteiger partial charge is 0.481 e. The van der Waals surface area contributed by atoms with Gasteiger partial charge in [0, 0.05) is 35.8 Å². The zero-order valence-electron chi connectivity index (χ0n) is 14.3. The summed E-state index contributed by atoms with van der Waals surface area (Å²) in [6, 6.07) is -0.136. The third-order valence-corrected chi connectivity index (χ3v) is 5.90. The average Bonchev–Trinajstić information content (AvgIpc) is 2.88. The van der Waals surface area contributed by atoms with Crippen LogP contribution in [0.2, 0.25) is 0 Å². The van der Waals surface area contributed by atoms with Crippen molar-refractivity contribution in [2.45, 2.75) is 52.0 Å². The zero-order chi connectivity index (χ0) is 18.1. The fourth-order valence-electron chi connectivity index (χ4n) is 3.34. The van der Waals surface area contributed by atoms with E-state index in [1.54, 1.807) is 4.90 Å². The first-order chi connectivity index (χ1) is 11.9. The summed E-state index contributed by atoms with van der Waals surface area (Å²) in [7, 11) is 0. The van der Waals surface area contributed by atoms with Crippen LogP contribution in [0.3, 0.4) is 0 Å². The molecule has 1 saturated heterocycles. The lowest BCUT2D eigenvalue weighted by Crippen LogP contribution is -2.45. The van der Waals surface area contributed by atoms with Gasteiger partial charge in [-0.15, -0.1) is 11.3 Å². The number of amides is 1. The minimum absolute atomic E-state index is 0.0214. The number of carbonyl (C=O) groups excluding carboxylic acids is 1. The Morgan fingerprint density at radius 3 is 2.84 bits per heavy atom. The van der Waals surface area contributed by atoms with Crippen LogP contribution in [0.4, 0.5) is 0 Å². The molecule has 0 radical (unpaired) electrons. The van der Waals surface area contributed by atoms with E-state index in [2.05, 4.69) is 4.98 Å². The second-order valence-electron chi connectivity index (χ2n) is 6.42. The molecular formula is C17H21N3O4S. The fraction of sp³-hybridized carbons (Fsp3) is 0.529. The van der Waals surface area contributed by atoms with Crippen molar-refractivity contribution >= 4 is 28.2 Å². The van der Waals surface area contributed by atoms with Crippen LogP contribution in [0.1, 0.15) is 53.0 Å². The molecule has 1 aliphatic rings. The molecule has 1 fully saturated rings. The maximum absolute atomic E-state index is 13.0. The van der Waals surface area contributed by atoms with E-state index in [1.807, 2.05) is 13.8 Å². The molecule has 1 N–H and O–H groups in total. The van der Waals surface area contributed by atoms with Crippen LogP contribution in [-0.2, 0) is 4.79 Å². The number of rotatable bonds is 4. The number of hydrogen-bond donors (Lipinski definition) is 1. The molecule has 25 heavy (non-hydrogen) atoms. The van der Waals surface area contributed by atoms with Gasteiger partial charge in [0.15, 0.2) is 4.96 Å². The van der Waals surface area contributed by atoms with Crippen LogP contribution in [0.15, 0.2) is 11.0 Å². The van der Waals surface area contributed by atoms with E-state index < -0.39 is 5.97 Å². The van der Waals surface area contributed by atoms with Crippen LogP contribution >= 0.6 is 11.3 Å². The molecule has 3 rings (SSSR count). The number of aryl methyl sites for hydroxylation is 2. The van der Waals surface area contributed by atoms with Gasteiger partial charge in [0.1, 0.15) is 5.56 Å². The minimum Gasteiger partial charge on any atom is -0.481 e. The molecule has 0 aliphatic carbocycles. The highest BCUT2D eigenvalue weighted by Crippen LogP contribution is 2.23. The van der Waals surface area contributed by atoms with Crippen LogP contribution < -0.4 is 5.56 Å². The lowest BCUT2D eigenvalue weighted by molar-refractivity contribution is -0.137. The number of thiazole rings is 1. The van der Waals surface area contributed by atoms with Gasteiger partial charge in [-0.25, -0.2) is 4.98 Å². The SMILES string of the molecule is Cc1sc2ncc(C(=O)N3CCCCC3CCC(=O)O)c(=O)n2c1C. The van der Waals surface area contributed by atoms with Crippen molar-refractivity contribution in [3.8, 4) is 0 Å². The Hall–Kier alpha value is -2.22. The van der Waals surface area contributed by atoms with E-state index in [-0.39, 0.29) is 29.5 Å². The van der Waals surface area contributed by atoms with Crippen molar-refractivity contribution < 1.29 is 14.7 Å². The summed E-state index contributed by atoms with van der Waals surface area (Å²) in [6.45, 7) is 4.31. The third kappa shape index (κ3) is 3.30. The summed E-state index contributed by atoms with van der Waals surface area (Å²) >= 11 is 1.42. The van der Waals surface area contributed by atoms with Gasteiger partial charge in [0.05, 0.1) is 0 Å². The molecule has 2 aromatic rings. The van der Waals surface area contributed by atoms with E-state index in [9.17, 15) is 14.4 Å². The predicted molar refractivity (Wildman–Crippen MR) is 94.4 cm³/mol. The first-order valence-electron chi connectivity index (χ1n) is 8.40. The van der Waals surface area contributed by atoms with E-state index in [0.717, 1.165) is 29.8 Å². The van der Waals surface area contributed by atoms with Gasteiger partial charge in [0.2, 0.25) is 0 Å². The second kappa shape index (κ2) is 6.95. The Morgan fingerprint density at radius 2 is 2.12 bits per heavy atom. The van der Waals surface area contributed by atoms with Crippen molar-refractivity contribution in [1.29, 1.82) is 0 Å². The molecule has 0 bridgehead atoms. The van der Waals surface area contributed by atoms with Crippen molar-refractivity contribution in [1.82, 2.24) is 14.3 Å². The summed E-state index contributed by atoms with van der Waals surface area (Å²) < 4.78 is 1.49. The van der Waals surface area contributed by atoms with Crippen LogP contribution in [-0.4, -0.2) is 43.9 Å². The Bertz CT molecular complexity index is 886. The zero-order valence-corrected chi connectivity index (χ0v) is 15.1. The molecule has 8 heteroatoms. The molecule has 0 saturated carbocycles. The normalized spacial score (nSPS) is 17.8. The Morgan fingerprint density at radius 1 is 1.36 bits per heavy atom. The van der Waals surface area contributed by atoms with E-state index in [0.29, 0.717) is 17.9 Å². The molecule has 0 aromatic carbocycles. The molecule has 1 atom stereocenters. The lowest BCUT2D eigenvalue weighted by Gasteiger charge is -2.35. The number of aromatic nitrogens is 2. The maximum atomic E-state index is 13.0. The summed E-state index contributed by atoms with van der Waals surface area (Å²) in [5, 5.41) is 8.92. The molecule has 1 amide bonds. The molecule has 7 nitrogen and oxygen atoms in total. The number of nitrogens with zero attached hydrogens (tertiary/aromatic N) is 3. The highest BCUT2D eigenvalue weighted by molar-refractivity contribution is 7.17. The molecule has 3 heterocycles. The van der Waals surface area contributed by atoms with Crippen molar-refractivity contribution in [2.24, 2.45) is 0 Å². The van der Waals surface area contributed by atoms with Gasteiger partial charge in [-0.05, 0) is 39.5 Å². The standard InChI is InChI=1S/C17H21N3O4S/c1-10-11(2)25-17-18-9-13(16(24)20(10)17)15(23)19-8-4-3-5-12(19)6-7-14(21)22/h9,12H,3-8H2,1-2H3,(H,21,22). The number of carboxylic acids is 1. The average molecular weight is 363 g/mol. The van der Waals surface area contributed by atoms with Crippen LogP contribution in [0.25, 0.3) is 4.96 Å². The van der Waals surface area contributed by atoms with E-state index >= 15 is 0 Å². The quantitative estimate of drug-likeness (QED) is 0.899. The smallest absolute Gasteiger partial charge is 0.303 e. The molecule has 1 unspecified atom stereocenters. The molecule has 134 valence electrons. The van der Waals surface area contributed by atoms with Gasteiger partial charge in [-0.3, -0.25) is 18.8 Å². The van der Waals surface area contributed by atoms with Crippen molar-refractivity contribution in [3.63, 3.8) is 0 Å². The summed E-state index contributed by atoms with van der Waals surface area (Å²) in [6.07, 6.45) is 4.39. The Labute approximate surface area is 148 Å². The summed E-state index contributed by atoms with van der Waals surface area (Å²) in [5.41, 5.74) is 0.508. The molecular weight excluding hydrogens is 342 g/mol. The number of piperidine rings is 1. The number of aliphatic carboxylic acids is 1. The van der Waals surface area contributed by atoms with Gasteiger partial charge in [-0.2, -0.15) is 0 Å². The fourth-order valence-corrected chi connectivity index (χ4v) is 4.27. The van der Waals surface area contributed by atoms with Crippen molar-refractivity contribution in [2.75, 3.05) is 6.54 Å². The van der Waals surface area contributed by atoms with Crippen LogP contribution in [0.5, 0.6) is 0 Å². The highest BCUT2D eigenvalue weighted by Gasteiger charge is 2.30. The summed E-state index contributed by atoms with van der Waals surface area (Å²) in [4.78, 5) is 44.1. The number of likely N-dealkylation sites (tertiary alicyclic amines) is 1. The molecule has 1 aliphatic heterocycles. The monoisotopic (exact) mass is 363 g/mol. The number of carbonyl (C=O) groups is 2. The summed E-state index contributed by atoms with van der Waals surface area (Å²) in [5.74, 6) is -1.21. The number of hydrogen-bond acceptors (Lipinski definition) is 5. The predicted octanol–water partition coefficient (Wildman–Crippen LogP) is 2.23. The van der Waals surface area contributed by atoms with E-state index in [1.165, 1.54) is 21.9 Å². The van der Waals surface area contributed by atoms with Gasteiger partial charge in [-0.1, -0.05) is 0 Å². The molecule has 0 spiro atoms. The topological polar surface area (TPSA) is 92.0 Å². The van der Waals surface area contributed by atoms with Gasteiger partial charge >= 0.3 is 5.97 Å². The Kier molecular flexibility index (Phi) is 4.89. The number of fused-ring (bicyclic) bond motifs is 1. The first kappa shape index (κ1) is 17.6. The number of carboxylic acid groups (broad SMARTS) is 1. The van der Waals surface area contributed by atoms with Crippen molar-refractivity contribution in [3.05, 3.63) is 32.7 Å². The second-order valence-corrected chi connectivity index (χ2v) is 7.60.